The Hall–Kier alpha value is -0.790. The van der Waals surface area contributed by atoms with Crippen molar-refractivity contribution in [3.63, 3.8) is 0 Å². The number of hydrogen-bond acceptors (Lipinski definition) is 4. The molecule has 1 atom stereocenters. The van der Waals surface area contributed by atoms with Crippen LogP contribution >= 0.6 is 0 Å². The molecule has 1 aliphatic rings. The number of hydrogen-bond donors (Lipinski definition) is 1. The summed E-state index contributed by atoms with van der Waals surface area (Å²) < 4.78 is 57.5. The first-order chi connectivity index (χ1) is 5.71. The summed E-state index contributed by atoms with van der Waals surface area (Å²) in [4.78, 5) is 0. The first kappa shape index (κ1) is 10.3. The quantitative estimate of drug-likeness (QED) is 0.632. The summed E-state index contributed by atoms with van der Waals surface area (Å²) in [6.45, 7) is 0. The number of rotatable bonds is 0. The minimum absolute atomic E-state index is 0.449. The molecule has 1 aliphatic heterocycles. The molecule has 8 heteroatoms. The SMILES string of the molecule is CS(=O)(=O)C1=NNC(C(F)(F)F)C1. The van der Waals surface area contributed by atoms with Crippen LogP contribution in [0.5, 0.6) is 0 Å². The summed E-state index contributed by atoms with van der Waals surface area (Å²) >= 11 is 0. The van der Waals surface area contributed by atoms with Crippen LogP contribution in [-0.4, -0.2) is 31.9 Å². The predicted octanol–water partition coefficient (Wildman–Crippen LogP) is 0.269. The molecule has 0 spiro atoms. The van der Waals surface area contributed by atoms with Gasteiger partial charge in [0.25, 0.3) is 0 Å². The lowest BCUT2D eigenvalue weighted by molar-refractivity contribution is -0.151. The lowest BCUT2D eigenvalue weighted by Gasteiger charge is -2.12. The van der Waals surface area contributed by atoms with Crippen molar-refractivity contribution in [1.29, 1.82) is 0 Å². The van der Waals surface area contributed by atoms with Gasteiger partial charge >= 0.3 is 6.18 Å². The molecule has 1 unspecified atom stereocenters. The maximum atomic E-state index is 12.0. The molecular weight excluding hydrogens is 209 g/mol. The van der Waals surface area contributed by atoms with Gasteiger partial charge in [-0.3, -0.25) is 5.43 Å². The highest BCUT2D eigenvalue weighted by Crippen LogP contribution is 2.26. The second kappa shape index (κ2) is 2.86. The molecule has 76 valence electrons. The van der Waals surface area contributed by atoms with E-state index in [1.807, 2.05) is 0 Å². The summed E-state index contributed by atoms with van der Waals surface area (Å²) in [5, 5.41) is 2.66. The van der Waals surface area contributed by atoms with Crippen molar-refractivity contribution >= 4 is 14.9 Å². The zero-order chi connectivity index (χ0) is 10.3. The highest BCUT2D eigenvalue weighted by atomic mass is 32.2. The van der Waals surface area contributed by atoms with Gasteiger partial charge in [0.2, 0.25) is 0 Å². The van der Waals surface area contributed by atoms with E-state index in [1.54, 1.807) is 5.43 Å². The van der Waals surface area contributed by atoms with Crippen LogP contribution in [0.25, 0.3) is 0 Å². The summed E-state index contributed by atoms with van der Waals surface area (Å²) in [5.41, 5.74) is 1.74. The Balaban J connectivity index is 2.74. The van der Waals surface area contributed by atoms with E-state index in [0.29, 0.717) is 0 Å². The molecule has 0 aliphatic carbocycles. The van der Waals surface area contributed by atoms with Gasteiger partial charge in [0.15, 0.2) is 14.9 Å². The number of sulfone groups is 1. The molecule has 0 radical (unpaired) electrons. The van der Waals surface area contributed by atoms with Gasteiger partial charge in [-0.2, -0.15) is 18.3 Å². The van der Waals surface area contributed by atoms with E-state index in [4.69, 9.17) is 0 Å². The molecule has 1 rings (SSSR count). The van der Waals surface area contributed by atoms with Crippen LogP contribution < -0.4 is 5.43 Å². The van der Waals surface area contributed by atoms with Gasteiger partial charge < -0.3 is 0 Å². The van der Waals surface area contributed by atoms with E-state index in [9.17, 15) is 21.6 Å². The van der Waals surface area contributed by atoms with Crippen LogP contribution in [0, 0.1) is 0 Å². The second-order valence-corrected chi connectivity index (χ2v) is 4.72. The molecular formula is C5H7F3N2O2S. The van der Waals surface area contributed by atoms with Crippen LogP contribution in [-0.2, 0) is 9.84 Å². The van der Waals surface area contributed by atoms with E-state index >= 15 is 0 Å². The first-order valence-corrected chi connectivity index (χ1v) is 5.19. The molecule has 0 saturated heterocycles. The third kappa shape index (κ3) is 2.33. The molecule has 13 heavy (non-hydrogen) atoms. The number of hydrazone groups is 1. The Morgan fingerprint density at radius 3 is 2.31 bits per heavy atom. The van der Waals surface area contributed by atoms with Gasteiger partial charge in [0.1, 0.15) is 6.04 Å². The molecule has 0 aromatic carbocycles. The Labute approximate surface area is 72.7 Å². The lowest BCUT2D eigenvalue weighted by Crippen LogP contribution is -2.36. The third-order valence-corrected chi connectivity index (χ3v) is 2.66. The summed E-state index contributed by atoms with van der Waals surface area (Å²) in [5.74, 6) is 0. The zero-order valence-corrected chi connectivity index (χ0v) is 7.41. The number of halogens is 3. The van der Waals surface area contributed by atoms with E-state index < -0.39 is 33.5 Å². The van der Waals surface area contributed by atoms with E-state index in [0.717, 1.165) is 6.26 Å². The van der Waals surface area contributed by atoms with E-state index in [1.165, 1.54) is 0 Å². The number of nitrogens with zero attached hydrogens (tertiary/aromatic N) is 1. The molecule has 0 fully saturated rings. The van der Waals surface area contributed by atoms with Gasteiger partial charge in [-0.05, 0) is 0 Å². The normalized spacial score (nSPS) is 24.0. The van der Waals surface area contributed by atoms with Crippen molar-refractivity contribution in [2.24, 2.45) is 5.10 Å². The Morgan fingerprint density at radius 2 is 2.08 bits per heavy atom. The van der Waals surface area contributed by atoms with Crippen LogP contribution in [0.2, 0.25) is 0 Å². The molecule has 1 heterocycles. The van der Waals surface area contributed by atoms with Crippen molar-refractivity contribution < 1.29 is 21.6 Å². The van der Waals surface area contributed by atoms with Crippen molar-refractivity contribution in [2.45, 2.75) is 18.6 Å². The standard InChI is InChI=1S/C5H7F3N2O2S/c1-13(11,12)4-2-3(9-10-4)5(6,7)8/h3,9H,2H2,1H3. The van der Waals surface area contributed by atoms with Crippen molar-refractivity contribution in [1.82, 2.24) is 5.43 Å². The average molecular weight is 216 g/mol. The van der Waals surface area contributed by atoms with Crippen molar-refractivity contribution in [3.05, 3.63) is 0 Å². The fourth-order valence-corrected chi connectivity index (χ4v) is 1.53. The number of nitrogens with one attached hydrogen (secondary N) is 1. The Morgan fingerprint density at radius 1 is 1.54 bits per heavy atom. The Bertz CT molecular complexity index is 332. The first-order valence-electron chi connectivity index (χ1n) is 3.30. The van der Waals surface area contributed by atoms with Gasteiger partial charge in [-0.1, -0.05) is 0 Å². The number of alkyl halides is 3. The Kier molecular flexibility index (Phi) is 2.27. The van der Waals surface area contributed by atoms with Crippen molar-refractivity contribution in [3.8, 4) is 0 Å². The average Bonchev–Trinajstić information content (AvgIpc) is 2.28. The fourth-order valence-electron chi connectivity index (χ4n) is 0.839. The van der Waals surface area contributed by atoms with Crippen molar-refractivity contribution in [2.75, 3.05) is 6.26 Å². The molecule has 0 aromatic rings. The largest absolute Gasteiger partial charge is 0.410 e. The highest BCUT2D eigenvalue weighted by Gasteiger charge is 2.44. The maximum Gasteiger partial charge on any atom is 0.410 e. The summed E-state index contributed by atoms with van der Waals surface area (Å²) in [6.07, 6.45) is -4.26. The van der Waals surface area contributed by atoms with Gasteiger partial charge in [0, 0.05) is 12.7 Å². The van der Waals surface area contributed by atoms with Crippen LogP contribution in [0.15, 0.2) is 5.10 Å². The fraction of sp³-hybridized carbons (Fsp3) is 0.800. The van der Waals surface area contributed by atoms with Crippen LogP contribution in [0.3, 0.4) is 0 Å². The smallest absolute Gasteiger partial charge is 0.296 e. The summed E-state index contributed by atoms with van der Waals surface area (Å²) in [7, 11) is -3.61. The third-order valence-electron chi connectivity index (χ3n) is 1.55. The van der Waals surface area contributed by atoms with Gasteiger partial charge in [0.05, 0.1) is 0 Å². The highest BCUT2D eigenvalue weighted by molar-refractivity contribution is 8.05. The molecule has 0 saturated carbocycles. The molecule has 0 aromatic heterocycles. The maximum absolute atomic E-state index is 12.0. The van der Waals surface area contributed by atoms with Crippen LogP contribution in [0.4, 0.5) is 13.2 Å². The molecule has 0 bridgehead atoms. The minimum atomic E-state index is -4.46. The molecule has 1 N–H and O–H groups in total. The van der Waals surface area contributed by atoms with Crippen LogP contribution in [0.1, 0.15) is 6.42 Å². The second-order valence-electron chi connectivity index (χ2n) is 2.71. The van der Waals surface area contributed by atoms with Gasteiger partial charge in [-0.15, -0.1) is 0 Å². The predicted molar refractivity (Wildman–Crippen MR) is 39.9 cm³/mol. The minimum Gasteiger partial charge on any atom is -0.296 e. The lowest BCUT2D eigenvalue weighted by atomic mass is 10.2. The topological polar surface area (TPSA) is 58.5 Å². The molecule has 0 amide bonds. The monoisotopic (exact) mass is 216 g/mol. The zero-order valence-electron chi connectivity index (χ0n) is 6.59. The summed E-state index contributed by atoms with van der Waals surface area (Å²) in [6, 6.07) is -1.88. The van der Waals surface area contributed by atoms with E-state index in [2.05, 4.69) is 5.10 Å². The van der Waals surface area contributed by atoms with E-state index in [-0.39, 0.29) is 0 Å². The van der Waals surface area contributed by atoms with Gasteiger partial charge in [-0.25, -0.2) is 8.42 Å². The molecule has 4 nitrogen and oxygen atoms in total.